The topological polar surface area (TPSA) is 35.8 Å². The number of hydrogen-bond acceptors (Lipinski definition) is 2. The van der Waals surface area contributed by atoms with Crippen LogP contribution in [0.2, 0.25) is 0 Å². The number of rotatable bonds is 4. The first-order chi connectivity index (χ1) is 10.3. The van der Waals surface area contributed by atoms with Gasteiger partial charge >= 0.3 is 0 Å². The van der Waals surface area contributed by atoms with Gasteiger partial charge in [-0.2, -0.15) is 5.26 Å². The fourth-order valence-corrected chi connectivity index (χ4v) is 2.84. The molecule has 0 amide bonds. The summed E-state index contributed by atoms with van der Waals surface area (Å²) in [6, 6.07) is 17.5. The Hall–Kier alpha value is -2.34. The summed E-state index contributed by atoms with van der Waals surface area (Å²) in [7, 11) is 0. The normalized spacial score (nSPS) is 20.4. The Morgan fingerprint density at radius 1 is 1.10 bits per heavy atom. The SMILES string of the molecule is N#CCc1ccc(NC2CC(c3ccccc3F)C2)cc1. The van der Waals surface area contributed by atoms with Crippen LogP contribution in [0.4, 0.5) is 10.1 Å². The van der Waals surface area contributed by atoms with E-state index in [9.17, 15) is 4.39 Å². The van der Waals surface area contributed by atoms with Crippen molar-refractivity contribution < 1.29 is 4.39 Å². The predicted molar refractivity (Wildman–Crippen MR) is 81.5 cm³/mol. The van der Waals surface area contributed by atoms with Gasteiger partial charge in [-0.15, -0.1) is 0 Å². The van der Waals surface area contributed by atoms with Crippen LogP contribution >= 0.6 is 0 Å². The molecule has 2 aromatic rings. The molecule has 0 atom stereocenters. The Balaban J connectivity index is 1.55. The molecule has 0 unspecified atom stereocenters. The molecule has 2 aromatic carbocycles. The monoisotopic (exact) mass is 280 g/mol. The van der Waals surface area contributed by atoms with Gasteiger partial charge in [-0.25, -0.2) is 4.39 Å². The molecule has 1 saturated carbocycles. The summed E-state index contributed by atoms with van der Waals surface area (Å²) >= 11 is 0. The van der Waals surface area contributed by atoms with Crippen LogP contribution in [0, 0.1) is 17.1 Å². The van der Waals surface area contributed by atoms with Gasteiger partial charge in [-0.3, -0.25) is 0 Å². The Bertz CT molecular complexity index is 652. The maximum Gasteiger partial charge on any atom is 0.126 e. The lowest BCUT2D eigenvalue weighted by Gasteiger charge is -2.37. The summed E-state index contributed by atoms with van der Waals surface area (Å²) in [6.07, 6.45) is 2.36. The molecular weight excluding hydrogens is 263 g/mol. The zero-order chi connectivity index (χ0) is 14.7. The van der Waals surface area contributed by atoms with E-state index in [4.69, 9.17) is 5.26 Å². The van der Waals surface area contributed by atoms with Crippen LogP contribution < -0.4 is 5.32 Å². The zero-order valence-corrected chi connectivity index (χ0v) is 11.7. The van der Waals surface area contributed by atoms with E-state index in [-0.39, 0.29) is 5.82 Å². The molecule has 3 rings (SSSR count). The van der Waals surface area contributed by atoms with E-state index in [0.29, 0.717) is 18.4 Å². The summed E-state index contributed by atoms with van der Waals surface area (Å²) < 4.78 is 13.7. The summed E-state index contributed by atoms with van der Waals surface area (Å²) in [5, 5.41) is 12.1. The molecule has 2 nitrogen and oxygen atoms in total. The smallest absolute Gasteiger partial charge is 0.126 e. The zero-order valence-electron chi connectivity index (χ0n) is 11.7. The lowest BCUT2D eigenvalue weighted by Crippen LogP contribution is -2.34. The average Bonchev–Trinajstić information content (AvgIpc) is 2.46. The molecule has 21 heavy (non-hydrogen) atoms. The Kier molecular flexibility index (Phi) is 3.87. The minimum atomic E-state index is -0.0955. The van der Waals surface area contributed by atoms with Gasteiger partial charge < -0.3 is 5.32 Å². The quantitative estimate of drug-likeness (QED) is 0.908. The van der Waals surface area contributed by atoms with Gasteiger partial charge in [0.05, 0.1) is 12.5 Å². The van der Waals surface area contributed by atoms with Crippen LogP contribution in [-0.2, 0) is 6.42 Å². The Morgan fingerprint density at radius 3 is 2.48 bits per heavy atom. The van der Waals surface area contributed by atoms with Crippen molar-refractivity contribution in [3.8, 4) is 6.07 Å². The van der Waals surface area contributed by atoms with Crippen molar-refractivity contribution in [2.45, 2.75) is 31.2 Å². The van der Waals surface area contributed by atoms with E-state index in [0.717, 1.165) is 29.7 Å². The Labute approximate surface area is 124 Å². The molecule has 0 saturated heterocycles. The average molecular weight is 280 g/mol. The second kappa shape index (κ2) is 5.97. The van der Waals surface area contributed by atoms with Crippen molar-refractivity contribution in [2.75, 3.05) is 5.32 Å². The van der Waals surface area contributed by atoms with Gasteiger partial charge in [0.2, 0.25) is 0 Å². The highest BCUT2D eigenvalue weighted by molar-refractivity contribution is 5.46. The fraction of sp³-hybridized carbons (Fsp3) is 0.278. The van der Waals surface area contributed by atoms with Crippen molar-refractivity contribution in [2.24, 2.45) is 0 Å². The highest BCUT2D eigenvalue weighted by atomic mass is 19.1. The molecule has 0 aliphatic heterocycles. The fourth-order valence-electron chi connectivity index (χ4n) is 2.84. The molecule has 106 valence electrons. The first-order valence-electron chi connectivity index (χ1n) is 7.23. The minimum absolute atomic E-state index is 0.0955. The summed E-state index contributed by atoms with van der Waals surface area (Å²) in [4.78, 5) is 0. The van der Waals surface area contributed by atoms with Crippen LogP contribution in [0.3, 0.4) is 0 Å². The van der Waals surface area contributed by atoms with Crippen molar-refractivity contribution >= 4 is 5.69 Å². The molecule has 1 aliphatic carbocycles. The standard InChI is InChI=1S/C18H17FN2/c19-18-4-2-1-3-17(18)14-11-16(12-14)21-15-7-5-13(6-8-15)9-10-20/h1-8,14,16,21H,9,11-12H2. The maximum atomic E-state index is 13.7. The van der Waals surface area contributed by atoms with Gasteiger partial charge in [-0.05, 0) is 48.1 Å². The number of halogens is 1. The van der Waals surface area contributed by atoms with Gasteiger partial charge in [-0.1, -0.05) is 30.3 Å². The second-order valence-electron chi connectivity index (χ2n) is 5.56. The molecule has 0 spiro atoms. The van der Waals surface area contributed by atoms with Crippen LogP contribution in [0.1, 0.15) is 29.9 Å². The number of benzene rings is 2. The molecule has 0 radical (unpaired) electrons. The van der Waals surface area contributed by atoms with E-state index < -0.39 is 0 Å². The van der Waals surface area contributed by atoms with E-state index in [1.807, 2.05) is 36.4 Å². The molecular formula is C18H17FN2. The minimum Gasteiger partial charge on any atom is -0.382 e. The number of nitriles is 1. The summed E-state index contributed by atoms with van der Waals surface area (Å²) in [5.74, 6) is 0.225. The molecule has 1 N–H and O–H groups in total. The second-order valence-corrected chi connectivity index (χ2v) is 5.56. The number of nitrogens with zero attached hydrogens (tertiary/aromatic N) is 1. The van der Waals surface area contributed by atoms with Gasteiger partial charge in [0, 0.05) is 11.7 Å². The van der Waals surface area contributed by atoms with E-state index in [1.54, 1.807) is 6.07 Å². The van der Waals surface area contributed by atoms with Crippen molar-refractivity contribution in [3.63, 3.8) is 0 Å². The molecule has 0 aromatic heterocycles. The number of hydrogen-bond donors (Lipinski definition) is 1. The third-order valence-electron chi connectivity index (χ3n) is 4.09. The van der Waals surface area contributed by atoms with Gasteiger partial charge in [0.1, 0.15) is 5.82 Å². The van der Waals surface area contributed by atoms with E-state index >= 15 is 0 Å². The molecule has 3 heteroatoms. The highest BCUT2D eigenvalue weighted by Crippen LogP contribution is 2.39. The molecule has 1 fully saturated rings. The van der Waals surface area contributed by atoms with Gasteiger partial charge in [0.25, 0.3) is 0 Å². The number of anilines is 1. The summed E-state index contributed by atoms with van der Waals surface area (Å²) in [6.45, 7) is 0. The lowest BCUT2D eigenvalue weighted by atomic mass is 9.75. The third-order valence-corrected chi connectivity index (χ3v) is 4.09. The van der Waals surface area contributed by atoms with E-state index in [2.05, 4.69) is 11.4 Å². The largest absolute Gasteiger partial charge is 0.382 e. The summed E-state index contributed by atoms with van der Waals surface area (Å²) in [5.41, 5.74) is 2.93. The predicted octanol–water partition coefficient (Wildman–Crippen LogP) is 4.25. The van der Waals surface area contributed by atoms with Crippen molar-refractivity contribution in [3.05, 3.63) is 65.5 Å². The van der Waals surface area contributed by atoms with Crippen molar-refractivity contribution in [1.29, 1.82) is 5.26 Å². The maximum absolute atomic E-state index is 13.7. The molecule has 0 heterocycles. The van der Waals surface area contributed by atoms with Crippen LogP contribution in [0.5, 0.6) is 0 Å². The first kappa shape index (κ1) is 13.6. The lowest BCUT2D eigenvalue weighted by molar-refractivity contribution is 0.363. The van der Waals surface area contributed by atoms with Crippen LogP contribution in [0.15, 0.2) is 48.5 Å². The molecule has 1 aliphatic rings. The third kappa shape index (κ3) is 3.05. The highest BCUT2D eigenvalue weighted by Gasteiger charge is 2.31. The van der Waals surface area contributed by atoms with Crippen LogP contribution in [0.25, 0.3) is 0 Å². The number of nitrogens with one attached hydrogen (secondary N) is 1. The van der Waals surface area contributed by atoms with Crippen LogP contribution in [-0.4, -0.2) is 6.04 Å². The Morgan fingerprint density at radius 2 is 1.81 bits per heavy atom. The molecule has 0 bridgehead atoms. The van der Waals surface area contributed by atoms with Gasteiger partial charge in [0.15, 0.2) is 0 Å². The first-order valence-corrected chi connectivity index (χ1v) is 7.23. The van der Waals surface area contributed by atoms with E-state index in [1.165, 1.54) is 6.07 Å². The van der Waals surface area contributed by atoms with Crippen molar-refractivity contribution in [1.82, 2.24) is 0 Å².